The van der Waals surface area contributed by atoms with Crippen LogP contribution in [-0.2, 0) is 4.79 Å². The Morgan fingerprint density at radius 1 is 1.31 bits per heavy atom. The van der Waals surface area contributed by atoms with Gasteiger partial charge in [0, 0.05) is 12.5 Å². The molecule has 0 radical (unpaired) electrons. The van der Waals surface area contributed by atoms with Crippen molar-refractivity contribution in [1.29, 1.82) is 0 Å². The van der Waals surface area contributed by atoms with Crippen molar-refractivity contribution >= 4 is 22.4 Å². The summed E-state index contributed by atoms with van der Waals surface area (Å²) in [5.74, 6) is -0.489. The third kappa shape index (κ3) is 2.40. The molecule has 16 heavy (non-hydrogen) atoms. The molecule has 1 aromatic heterocycles. The number of hydrogen-bond donors (Lipinski definition) is 1. The lowest BCUT2D eigenvalue weighted by Gasteiger charge is -1.94. The van der Waals surface area contributed by atoms with Crippen LogP contribution in [0, 0.1) is 5.82 Å². The van der Waals surface area contributed by atoms with Crippen molar-refractivity contribution < 1.29 is 9.18 Å². The molecule has 2 aromatic rings. The molecule has 82 valence electrons. The first-order valence-corrected chi connectivity index (χ1v) is 5.34. The number of amides is 1. The van der Waals surface area contributed by atoms with E-state index in [1.54, 1.807) is 12.1 Å². The Hall–Kier alpha value is -1.82. The van der Waals surface area contributed by atoms with Crippen LogP contribution in [0.15, 0.2) is 24.3 Å². The summed E-state index contributed by atoms with van der Waals surface area (Å²) < 4.78 is 12.7. The molecule has 1 N–H and O–H groups in total. The monoisotopic (exact) mass is 237 g/mol. The molecule has 0 aliphatic heterocycles. The molecule has 6 heteroatoms. The maximum atomic E-state index is 12.7. The highest BCUT2D eigenvalue weighted by atomic mass is 32.1. The summed E-state index contributed by atoms with van der Waals surface area (Å²) in [5, 5.41) is 11.3. The highest BCUT2D eigenvalue weighted by molar-refractivity contribution is 7.18. The lowest BCUT2D eigenvalue weighted by molar-refractivity contribution is -0.114. The number of halogens is 1. The van der Waals surface area contributed by atoms with Crippen molar-refractivity contribution in [2.45, 2.75) is 6.92 Å². The molecule has 1 amide bonds. The first kappa shape index (κ1) is 10.7. The van der Waals surface area contributed by atoms with E-state index in [9.17, 15) is 9.18 Å². The Bertz CT molecular complexity index is 509. The normalized spacial score (nSPS) is 10.1. The molecule has 0 saturated heterocycles. The van der Waals surface area contributed by atoms with Crippen LogP contribution in [0.5, 0.6) is 0 Å². The van der Waals surface area contributed by atoms with Crippen LogP contribution in [0.25, 0.3) is 10.6 Å². The van der Waals surface area contributed by atoms with E-state index in [1.165, 1.54) is 30.4 Å². The molecule has 0 fully saturated rings. The predicted molar refractivity (Wildman–Crippen MR) is 59.6 cm³/mol. The van der Waals surface area contributed by atoms with Gasteiger partial charge in [0.15, 0.2) is 0 Å². The number of carbonyl (C=O) groups is 1. The predicted octanol–water partition coefficient (Wildman–Crippen LogP) is 2.30. The quantitative estimate of drug-likeness (QED) is 0.871. The Labute approximate surface area is 95.1 Å². The molecular formula is C10H8FN3OS. The van der Waals surface area contributed by atoms with E-state index in [2.05, 4.69) is 15.5 Å². The summed E-state index contributed by atoms with van der Waals surface area (Å²) >= 11 is 1.24. The van der Waals surface area contributed by atoms with Crippen LogP contribution >= 0.6 is 11.3 Å². The van der Waals surface area contributed by atoms with Gasteiger partial charge in [0.2, 0.25) is 11.0 Å². The summed E-state index contributed by atoms with van der Waals surface area (Å²) in [4.78, 5) is 10.8. The summed E-state index contributed by atoms with van der Waals surface area (Å²) in [6, 6.07) is 5.95. The van der Waals surface area contributed by atoms with Gasteiger partial charge in [-0.15, -0.1) is 10.2 Å². The van der Waals surface area contributed by atoms with Crippen LogP contribution in [0.1, 0.15) is 6.92 Å². The molecule has 1 heterocycles. The fourth-order valence-electron chi connectivity index (χ4n) is 1.13. The van der Waals surface area contributed by atoms with Crippen molar-refractivity contribution in [3.63, 3.8) is 0 Å². The molecule has 0 unspecified atom stereocenters. The van der Waals surface area contributed by atoms with Crippen molar-refractivity contribution in [3.05, 3.63) is 30.1 Å². The molecule has 0 spiro atoms. The van der Waals surface area contributed by atoms with Crippen LogP contribution < -0.4 is 5.32 Å². The molecule has 0 atom stereocenters. The van der Waals surface area contributed by atoms with Crippen molar-refractivity contribution in [1.82, 2.24) is 10.2 Å². The Morgan fingerprint density at radius 2 is 2.00 bits per heavy atom. The minimum absolute atomic E-state index is 0.193. The average molecular weight is 237 g/mol. The van der Waals surface area contributed by atoms with Gasteiger partial charge >= 0.3 is 0 Å². The second-order valence-electron chi connectivity index (χ2n) is 3.10. The van der Waals surface area contributed by atoms with Gasteiger partial charge in [-0.25, -0.2) is 4.39 Å². The highest BCUT2D eigenvalue weighted by Crippen LogP contribution is 2.26. The summed E-state index contributed by atoms with van der Waals surface area (Å²) in [7, 11) is 0. The number of anilines is 1. The lowest BCUT2D eigenvalue weighted by Crippen LogP contribution is -2.04. The number of benzene rings is 1. The van der Waals surface area contributed by atoms with Gasteiger partial charge in [-0.2, -0.15) is 0 Å². The van der Waals surface area contributed by atoms with Crippen molar-refractivity contribution in [2.75, 3.05) is 5.32 Å². The highest BCUT2D eigenvalue weighted by Gasteiger charge is 2.07. The summed E-state index contributed by atoms with van der Waals surface area (Å²) in [5.41, 5.74) is 0.774. The van der Waals surface area contributed by atoms with Gasteiger partial charge in [-0.05, 0) is 24.3 Å². The zero-order valence-corrected chi connectivity index (χ0v) is 9.21. The largest absolute Gasteiger partial charge is 0.301 e. The van der Waals surface area contributed by atoms with E-state index < -0.39 is 0 Å². The van der Waals surface area contributed by atoms with E-state index in [1.807, 2.05) is 0 Å². The topological polar surface area (TPSA) is 54.9 Å². The molecule has 1 aromatic carbocycles. The fraction of sp³-hybridized carbons (Fsp3) is 0.100. The lowest BCUT2D eigenvalue weighted by atomic mass is 10.2. The zero-order valence-electron chi connectivity index (χ0n) is 8.40. The van der Waals surface area contributed by atoms with Gasteiger partial charge < -0.3 is 5.32 Å². The van der Waals surface area contributed by atoms with E-state index in [0.29, 0.717) is 10.1 Å². The van der Waals surface area contributed by atoms with E-state index in [-0.39, 0.29) is 11.7 Å². The van der Waals surface area contributed by atoms with Gasteiger partial charge in [0.1, 0.15) is 10.8 Å². The molecule has 0 saturated carbocycles. The third-order valence-corrected chi connectivity index (χ3v) is 2.69. The van der Waals surface area contributed by atoms with Gasteiger partial charge in [0.05, 0.1) is 0 Å². The average Bonchev–Trinajstić information content (AvgIpc) is 2.66. The minimum Gasteiger partial charge on any atom is -0.301 e. The SMILES string of the molecule is CC(=O)Nc1nnc(-c2ccc(F)cc2)s1. The van der Waals surface area contributed by atoms with E-state index in [0.717, 1.165) is 5.56 Å². The van der Waals surface area contributed by atoms with E-state index in [4.69, 9.17) is 0 Å². The first-order valence-electron chi connectivity index (χ1n) is 4.52. The molecular weight excluding hydrogens is 229 g/mol. The third-order valence-electron chi connectivity index (χ3n) is 1.80. The first-order chi connectivity index (χ1) is 7.65. The molecule has 0 aliphatic carbocycles. The molecule has 0 aliphatic rings. The Morgan fingerprint density at radius 3 is 2.62 bits per heavy atom. The standard InChI is InChI=1S/C10H8FN3OS/c1-6(15)12-10-14-13-9(16-10)7-2-4-8(11)5-3-7/h2-5H,1H3,(H,12,14,15). The number of carbonyl (C=O) groups excluding carboxylic acids is 1. The Balaban J connectivity index is 2.24. The van der Waals surface area contributed by atoms with Crippen molar-refractivity contribution in [2.24, 2.45) is 0 Å². The minimum atomic E-state index is -0.296. The van der Waals surface area contributed by atoms with Crippen LogP contribution in [0.2, 0.25) is 0 Å². The smallest absolute Gasteiger partial charge is 0.223 e. The van der Waals surface area contributed by atoms with Gasteiger partial charge in [0.25, 0.3) is 0 Å². The summed E-state index contributed by atoms with van der Waals surface area (Å²) in [6.45, 7) is 1.40. The molecule has 4 nitrogen and oxygen atoms in total. The number of nitrogens with zero attached hydrogens (tertiary/aromatic N) is 2. The maximum absolute atomic E-state index is 12.7. The van der Waals surface area contributed by atoms with Gasteiger partial charge in [-0.1, -0.05) is 11.3 Å². The van der Waals surface area contributed by atoms with Gasteiger partial charge in [-0.3, -0.25) is 4.79 Å². The van der Waals surface area contributed by atoms with Crippen molar-refractivity contribution in [3.8, 4) is 10.6 Å². The number of aromatic nitrogens is 2. The van der Waals surface area contributed by atoms with Crippen LogP contribution in [0.4, 0.5) is 9.52 Å². The number of nitrogens with one attached hydrogen (secondary N) is 1. The van der Waals surface area contributed by atoms with Crippen LogP contribution in [0.3, 0.4) is 0 Å². The number of hydrogen-bond acceptors (Lipinski definition) is 4. The fourth-order valence-corrected chi connectivity index (χ4v) is 1.93. The maximum Gasteiger partial charge on any atom is 0.223 e. The second-order valence-corrected chi connectivity index (χ2v) is 4.08. The second kappa shape index (κ2) is 4.36. The number of rotatable bonds is 2. The van der Waals surface area contributed by atoms with Crippen LogP contribution in [-0.4, -0.2) is 16.1 Å². The molecule has 0 bridgehead atoms. The molecule has 2 rings (SSSR count). The van der Waals surface area contributed by atoms with E-state index >= 15 is 0 Å². The Kier molecular flexibility index (Phi) is 2.91. The summed E-state index contributed by atoms with van der Waals surface area (Å²) in [6.07, 6.45) is 0. The zero-order chi connectivity index (χ0) is 11.5.